The van der Waals surface area contributed by atoms with Gasteiger partial charge in [0, 0.05) is 18.4 Å². The number of phenolic OH excluding ortho intramolecular Hbond substituents is 1. The van der Waals surface area contributed by atoms with E-state index in [1.807, 2.05) is 24.3 Å². The molecular weight excluding hydrogens is 361 g/mol. The Labute approximate surface area is 160 Å². The van der Waals surface area contributed by atoms with Crippen LogP contribution in [0.15, 0.2) is 65.8 Å². The molecule has 7 heteroatoms. The molecule has 0 aromatic heterocycles. The number of amides is 2. The summed E-state index contributed by atoms with van der Waals surface area (Å²) in [5.41, 5.74) is 2.87. The Morgan fingerprint density at radius 2 is 1.68 bits per heavy atom. The van der Waals surface area contributed by atoms with Gasteiger partial charge in [0.15, 0.2) is 0 Å². The Morgan fingerprint density at radius 3 is 2.50 bits per heavy atom. The third-order valence-electron chi connectivity index (χ3n) is 4.06. The van der Waals surface area contributed by atoms with Crippen molar-refractivity contribution in [1.82, 2.24) is 5.43 Å². The molecule has 0 saturated carbocycles. The zero-order valence-electron chi connectivity index (χ0n) is 14.9. The van der Waals surface area contributed by atoms with E-state index in [1.165, 1.54) is 24.4 Å². The Hall–Kier alpha value is -3.74. The average molecular weight is 379 g/mol. The van der Waals surface area contributed by atoms with Crippen molar-refractivity contribution in [1.29, 1.82) is 0 Å². The van der Waals surface area contributed by atoms with Crippen molar-refractivity contribution >= 4 is 34.5 Å². The first-order valence-electron chi connectivity index (χ1n) is 8.61. The molecule has 0 aliphatic rings. The van der Waals surface area contributed by atoms with Gasteiger partial charge in [-0.3, -0.25) is 9.59 Å². The second-order valence-electron chi connectivity index (χ2n) is 6.04. The SMILES string of the molecule is O=C(CCC(=O)Nc1ccccc1F)N/N=C/c1c(O)ccc2ccccc12. The summed E-state index contributed by atoms with van der Waals surface area (Å²) in [6.45, 7) is 0. The van der Waals surface area contributed by atoms with Gasteiger partial charge in [-0.1, -0.05) is 42.5 Å². The van der Waals surface area contributed by atoms with Crippen LogP contribution in [-0.4, -0.2) is 23.1 Å². The standard InChI is InChI=1S/C21H18FN3O3/c22-17-7-3-4-8-18(17)24-20(27)11-12-21(28)25-23-13-16-15-6-2-1-5-14(15)9-10-19(16)26/h1-10,13,26H,11-12H2,(H,24,27)(H,25,28)/b23-13+. The van der Waals surface area contributed by atoms with Crippen LogP contribution in [0, 0.1) is 5.82 Å². The zero-order valence-corrected chi connectivity index (χ0v) is 14.9. The topological polar surface area (TPSA) is 90.8 Å². The number of aromatic hydroxyl groups is 1. The number of carbonyl (C=O) groups is 2. The maximum Gasteiger partial charge on any atom is 0.240 e. The maximum absolute atomic E-state index is 13.5. The van der Waals surface area contributed by atoms with E-state index in [4.69, 9.17) is 0 Å². The average Bonchev–Trinajstić information content (AvgIpc) is 2.70. The second kappa shape index (κ2) is 8.77. The fourth-order valence-corrected chi connectivity index (χ4v) is 2.65. The van der Waals surface area contributed by atoms with Gasteiger partial charge in [0.25, 0.3) is 0 Å². The number of rotatable bonds is 6. The monoisotopic (exact) mass is 379 g/mol. The quantitative estimate of drug-likeness (QED) is 0.452. The van der Waals surface area contributed by atoms with Crippen molar-refractivity contribution in [3.05, 3.63) is 72.0 Å². The largest absolute Gasteiger partial charge is 0.507 e. The fraction of sp³-hybridized carbons (Fsp3) is 0.0952. The lowest BCUT2D eigenvalue weighted by Crippen LogP contribution is -2.21. The van der Waals surface area contributed by atoms with Gasteiger partial charge >= 0.3 is 0 Å². The number of benzene rings is 3. The van der Waals surface area contributed by atoms with Crippen molar-refractivity contribution < 1.29 is 19.1 Å². The van der Waals surface area contributed by atoms with Crippen LogP contribution < -0.4 is 10.7 Å². The minimum absolute atomic E-state index is 0.0426. The van der Waals surface area contributed by atoms with Crippen molar-refractivity contribution in [3.8, 4) is 5.75 Å². The molecule has 0 heterocycles. The highest BCUT2D eigenvalue weighted by Crippen LogP contribution is 2.25. The molecule has 2 amide bonds. The Balaban J connectivity index is 1.54. The number of hydrogen-bond acceptors (Lipinski definition) is 4. The maximum atomic E-state index is 13.5. The highest BCUT2D eigenvalue weighted by molar-refractivity contribution is 6.02. The summed E-state index contributed by atoms with van der Waals surface area (Å²) in [5, 5.41) is 18.0. The smallest absolute Gasteiger partial charge is 0.240 e. The molecule has 6 nitrogen and oxygen atoms in total. The molecule has 142 valence electrons. The number of fused-ring (bicyclic) bond motifs is 1. The Kier molecular flexibility index (Phi) is 5.96. The molecule has 0 radical (unpaired) electrons. The highest BCUT2D eigenvalue weighted by atomic mass is 19.1. The summed E-state index contributed by atoms with van der Waals surface area (Å²) in [7, 11) is 0. The summed E-state index contributed by atoms with van der Waals surface area (Å²) in [5.74, 6) is -1.45. The van der Waals surface area contributed by atoms with E-state index in [2.05, 4.69) is 15.8 Å². The third-order valence-corrected chi connectivity index (χ3v) is 4.06. The van der Waals surface area contributed by atoms with Crippen LogP contribution in [0.3, 0.4) is 0 Å². The summed E-state index contributed by atoms with van der Waals surface area (Å²) >= 11 is 0. The molecule has 0 fully saturated rings. The number of halogens is 1. The first-order chi connectivity index (χ1) is 13.5. The molecule has 0 saturated heterocycles. The molecular formula is C21H18FN3O3. The van der Waals surface area contributed by atoms with Gasteiger partial charge in [0.1, 0.15) is 11.6 Å². The van der Waals surface area contributed by atoms with E-state index < -0.39 is 17.6 Å². The van der Waals surface area contributed by atoms with Crippen molar-refractivity contribution in [2.24, 2.45) is 5.10 Å². The molecule has 3 aromatic carbocycles. The van der Waals surface area contributed by atoms with Gasteiger partial charge in [-0.15, -0.1) is 0 Å². The molecule has 0 aliphatic heterocycles. The van der Waals surface area contributed by atoms with Crippen molar-refractivity contribution in [2.45, 2.75) is 12.8 Å². The number of carbonyl (C=O) groups excluding carboxylic acids is 2. The van der Waals surface area contributed by atoms with Gasteiger partial charge in [-0.05, 0) is 29.0 Å². The second-order valence-corrected chi connectivity index (χ2v) is 6.04. The Bertz CT molecular complexity index is 1050. The lowest BCUT2D eigenvalue weighted by molar-refractivity contribution is -0.124. The molecule has 3 N–H and O–H groups in total. The van der Waals surface area contributed by atoms with Gasteiger partial charge in [0.2, 0.25) is 11.8 Å². The first-order valence-corrected chi connectivity index (χ1v) is 8.61. The number of nitrogens with one attached hydrogen (secondary N) is 2. The van der Waals surface area contributed by atoms with Crippen LogP contribution in [0.1, 0.15) is 18.4 Å². The molecule has 0 spiro atoms. The predicted molar refractivity (Wildman–Crippen MR) is 106 cm³/mol. The number of phenols is 1. The lowest BCUT2D eigenvalue weighted by atomic mass is 10.0. The fourth-order valence-electron chi connectivity index (χ4n) is 2.65. The molecule has 0 atom stereocenters. The van der Waals surface area contributed by atoms with Crippen LogP contribution in [0.5, 0.6) is 5.75 Å². The number of nitrogens with zero attached hydrogens (tertiary/aromatic N) is 1. The predicted octanol–water partition coefficient (Wildman–Crippen LogP) is 3.55. The van der Waals surface area contributed by atoms with Crippen LogP contribution in [0.25, 0.3) is 10.8 Å². The zero-order chi connectivity index (χ0) is 19.9. The van der Waals surface area contributed by atoms with Gasteiger partial charge in [-0.2, -0.15) is 5.10 Å². The summed E-state index contributed by atoms with van der Waals surface area (Å²) in [6.07, 6.45) is 1.13. The van der Waals surface area contributed by atoms with Crippen molar-refractivity contribution in [2.75, 3.05) is 5.32 Å². The number of hydrazone groups is 1. The van der Waals surface area contributed by atoms with Gasteiger partial charge < -0.3 is 10.4 Å². The number of anilines is 1. The third kappa shape index (κ3) is 4.70. The van der Waals surface area contributed by atoms with E-state index in [-0.39, 0.29) is 24.3 Å². The van der Waals surface area contributed by atoms with E-state index in [1.54, 1.807) is 18.2 Å². The van der Waals surface area contributed by atoms with Gasteiger partial charge in [-0.25, -0.2) is 9.82 Å². The molecule has 3 aromatic rings. The molecule has 28 heavy (non-hydrogen) atoms. The normalized spacial score (nSPS) is 10.9. The highest BCUT2D eigenvalue weighted by Gasteiger charge is 2.09. The van der Waals surface area contributed by atoms with Crippen LogP contribution in [-0.2, 0) is 9.59 Å². The minimum Gasteiger partial charge on any atom is -0.507 e. The summed E-state index contributed by atoms with van der Waals surface area (Å²) < 4.78 is 13.5. The van der Waals surface area contributed by atoms with Crippen LogP contribution >= 0.6 is 0 Å². The number of hydrogen-bond donors (Lipinski definition) is 3. The first kappa shape index (κ1) is 19.0. The van der Waals surface area contributed by atoms with Crippen LogP contribution in [0.2, 0.25) is 0 Å². The number of para-hydroxylation sites is 1. The lowest BCUT2D eigenvalue weighted by Gasteiger charge is -2.06. The van der Waals surface area contributed by atoms with E-state index in [9.17, 15) is 19.1 Å². The molecule has 3 rings (SSSR count). The molecule has 0 unspecified atom stereocenters. The summed E-state index contributed by atoms with van der Waals surface area (Å²) in [6, 6.07) is 16.6. The molecule has 0 bridgehead atoms. The Morgan fingerprint density at radius 1 is 0.964 bits per heavy atom. The van der Waals surface area contributed by atoms with Crippen molar-refractivity contribution in [3.63, 3.8) is 0 Å². The minimum atomic E-state index is -0.542. The van der Waals surface area contributed by atoms with E-state index in [0.29, 0.717) is 5.56 Å². The van der Waals surface area contributed by atoms with E-state index >= 15 is 0 Å². The van der Waals surface area contributed by atoms with Gasteiger partial charge in [0.05, 0.1) is 11.9 Å². The summed E-state index contributed by atoms with van der Waals surface area (Å²) in [4.78, 5) is 23.7. The molecule has 0 aliphatic carbocycles. The van der Waals surface area contributed by atoms with Crippen LogP contribution in [0.4, 0.5) is 10.1 Å². The van der Waals surface area contributed by atoms with E-state index in [0.717, 1.165) is 10.8 Å².